The number of nitrogens with zero attached hydrogens (tertiary/aromatic N) is 2. The van der Waals surface area contributed by atoms with E-state index in [2.05, 4.69) is 9.97 Å². The largest absolute Gasteiger partial charge is 0.260 e. The predicted molar refractivity (Wildman–Crippen MR) is 61.0 cm³/mol. The Morgan fingerprint density at radius 1 is 1.13 bits per heavy atom. The van der Waals surface area contributed by atoms with Gasteiger partial charge in [-0.25, -0.2) is 4.98 Å². The lowest BCUT2D eigenvalue weighted by atomic mass is 10.1. The lowest BCUT2D eigenvalue weighted by Gasteiger charge is -2.00. The van der Waals surface area contributed by atoms with E-state index in [9.17, 15) is 0 Å². The van der Waals surface area contributed by atoms with Crippen molar-refractivity contribution < 1.29 is 0 Å². The van der Waals surface area contributed by atoms with Gasteiger partial charge in [0.1, 0.15) is 5.15 Å². The van der Waals surface area contributed by atoms with E-state index in [1.807, 2.05) is 30.7 Å². The van der Waals surface area contributed by atoms with E-state index >= 15 is 0 Å². The highest BCUT2D eigenvalue weighted by Gasteiger charge is 2.00. The summed E-state index contributed by atoms with van der Waals surface area (Å²) in [5, 5.41) is 1.07. The van der Waals surface area contributed by atoms with Crippen molar-refractivity contribution in [3.8, 4) is 0 Å². The van der Waals surface area contributed by atoms with Gasteiger partial charge in [-0.05, 0) is 17.7 Å². The molecule has 0 aliphatic rings. The molecule has 0 aliphatic carbocycles. The second-order valence-electron chi connectivity index (χ2n) is 2.97. The Labute approximate surface area is 97.9 Å². The van der Waals surface area contributed by atoms with Crippen molar-refractivity contribution in [2.75, 3.05) is 0 Å². The van der Waals surface area contributed by atoms with E-state index in [1.165, 1.54) is 6.20 Å². The lowest BCUT2D eigenvalue weighted by Crippen LogP contribution is -1.91. The maximum atomic E-state index is 5.86. The number of halogens is 2. The van der Waals surface area contributed by atoms with Gasteiger partial charge in [-0.2, -0.15) is 0 Å². The summed E-state index contributed by atoms with van der Waals surface area (Å²) in [5.74, 6) is 0. The molecule has 2 nitrogen and oxygen atoms in total. The standard InChI is InChI=1S/C11H7Cl2N2/c12-9-3-1-2-8(4-9)5-10-6-14-7-11(13)15-10/h1-7H. The van der Waals surface area contributed by atoms with E-state index in [0.29, 0.717) is 15.9 Å². The molecule has 0 saturated carbocycles. The molecule has 1 aromatic carbocycles. The van der Waals surface area contributed by atoms with Crippen LogP contribution in [0.5, 0.6) is 0 Å². The average Bonchev–Trinajstić information content (AvgIpc) is 2.17. The monoisotopic (exact) mass is 237 g/mol. The van der Waals surface area contributed by atoms with Crippen LogP contribution < -0.4 is 0 Å². The Hall–Kier alpha value is -1.12. The SMILES string of the molecule is Clc1cccc([CH]c2cncc(Cl)n2)c1. The number of aromatic nitrogens is 2. The highest BCUT2D eigenvalue weighted by atomic mass is 35.5. The molecule has 0 spiro atoms. The summed E-state index contributed by atoms with van der Waals surface area (Å²) < 4.78 is 0. The minimum absolute atomic E-state index is 0.380. The Morgan fingerprint density at radius 2 is 2.00 bits per heavy atom. The first kappa shape index (κ1) is 10.4. The molecule has 0 aliphatic heterocycles. The van der Waals surface area contributed by atoms with Gasteiger partial charge in [0.15, 0.2) is 0 Å². The number of rotatable bonds is 2. The minimum atomic E-state index is 0.380. The van der Waals surface area contributed by atoms with Crippen molar-refractivity contribution in [3.05, 3.63) is 64.5 Å². The maximum absolute atomic E-state index is 5.86. The molecule has 0 unspecified atom stereocenters. The summed E-state index contributed by atoms with van der Waals surface area (Å²) in [6.45, 7) is 0. The third-order valence-corrected chi connectivity index (χ3v) is 2.20. The van der Waals surface area contributed by atoms with Gasteiger partial charge in [0.05, 0.1) is 11.9 Å². The summed E-state index contributed by atoms with van der Waals surface area (Å²) >= 11 is 11.6. The van der Waals surface area contributed by atoms with Crippen LogP contribution in [-0.4, -0.2) is 9.97 Å². The lowest BCUT2D eigenvalue weighted by molar-refractivity contribution is 1.13. The summed E-state index contributed by atoms with van der Waals surface area (Å²) in [6, 6.07) is 7.49. The van der Waals surface area contributed by atoms with Gasteiger partial charge < -0.3 is 0 Å². The Bertz CT molecular complexity index is 428. The first-order valence-corrected chi connectivity index (χ1v) is 5.07. The van der Waals surface area contributed by atoms with Gasteiger partial charge in [-0.1, -0.05) is 35.3 Å². The molecule has 0 saturated heterocycles. The topological polar surface area (TPSA) is 25.8 Å². The molecule has 0 atom stereocenters. The molecule has 2 rings (SSSR count). The first-order chi connectivity index (χ1) is 7.24. The third kappa shape index (κ3) is 2.91. The molecule has 4 heteroatoms. The highest BCUT2D eigenvalue weighted by molar-refractivity contribution is 6.30. The van der Waals surface area contributed by atoms with Crippen molar-refractivity contribution >= 4 is 23.2 Å². The fourth-order valence-corrected chi connectivity index (χ4v) is 1.55. The van der Waals surface area contributed by atoms with Crippen LogP contribution in [-0.2, 0) is 0 Å². The normalized spacial score (nSPS) is 10.3. The summed E-state index contributed by atoms with van der Waals surface area (Å²) in [5.41, 5.74) is 1.68. The van der Waals surface area contributed by atoms with Crippen LogP contribution in [0.3, 0.4) is 0 Å². The van der Waals surface area contributed by atoms with Crippen molar-refractivity contribution in [3.63, 3.8) is 0 Å². The smallest absolute Gasteiger partial charge is 0.147 e. The minimum Gasteiger partial charge on any atom is -0.260 e. The van der Waals surface area contributed by atoms with Crippen LogP contribution >= 0.6 is 23.2 Å². The van der Waals surface area contributed by atoms with Crippen LogP contribution in [0.25, 0.3) is 0 Å². The fourth-order valence-electron chi connectivity index (χ4n) is 1.19. The van der Waals surface area contributed by atoms with Crippen LogP contribution in [0, 0.1) is 6.42 Å². The van der Waals surface area contributed by atoms with E-state index in [1.54, 1.807) is 6.20 Å². The zero-order chi connectivity index (χ0) is 10.7. The van der Waals surface area contributed by atoms with E-state index < -0.39 is 0 Å². The van der Waals surface area contributed by atoms with Crippen molar-refractivity contribution in [1.29, 1.82) is 0 Å². The number of hydrogen-bond acceptors (Lipinski definition) is 2. The summed E-state index contributed by atoms with van der Waals surface area (Å²) in [7, 11) is 0. The molecular formula is C11H7Cl2N2. The van der Waals surface area contributed by atoms with Crippen LogP contribution in [0.2, 0.25) is 10.2 Å². The van der Waals surface area contributed by atoms with E-state index in [4.69, 9.17) is 23.2 Å². The molecule has 1 aromatic heterocycles. The molecule has 15 heavy (non-hydrogen) atoms. The number of hydrogen-bond donors (Lipinski definition) is 0. The molecule has 1 radical (unpaired) electrons. The van der Waals surface area contributed by atoms with Crippen molar-refractivity contribution in [2.45, 2.75) is 0 Å². The predicted octanol–water partition coefficient (Wildman–Crippen LogP) is 3.38. The van der Waals surface area contributed by atoms with Gasteiger partial charge in [-0.3, -0.25) is 4.98 Å². The zero-order valence-corrected chi connectivity index (χ0v) is 9.20. The molecule has 0 amide bonds. The Balaban J connectivity index is 2.22. The molecule has 0 fully saturated rings. The second kappa shape index (κ2) is 4.60. The molecule has 2 aromatic rings. The van der Waals surface area contributed by atoms with Crippen LogP contribution in [0.1, 0.15) is 11.3 Å². The average molecular weight is 238 g/mol. The molecule has 0 bridgehead atoms. The van der Waals surface area contributed by atoms with Gasteiger partial charge >= 0.3 is 0 Å². The molecule has 75 valence electrons. The van der Waals surface area contributed by atoms with Crippen molar-refractivity contribution in [2.24, 2.45) is 0 Å². The molecule has 1 heterocycles. The van der Waals surface area contributed by atoms with Crippen LogP contribution in [0.4, 0.5) is 0 Å². The molecular weight excluding hydrogens is 231 g/mol. The van der Waals surface area contributed by atoms with Gasteiger partial charge in [0.2, 0.25) is 0 Å². The van der Waals surface area contributed by atoms with E-state index in [-0.39, 0.29) is 0 Å². The zero-order valence-electron chi connectivity index (χ0n) is 7.69. The first-order valence-electron chi connectivity index (χ1n) is 4.32. The summed E-state index contributed by atoms with van der Waals surface area (Å²) in [4.78, 5) is 8.05. The van der Waals surface area contributed by atoms with Crippen molar-refractivity contribution in [1.82, 2.24) is 9.97 Å². The molecule has 0 N–H and O–H groups in total. The van der Waals surface area contributed by atoms with Gasteiger partial charge in [0, 0.05) is 17.6 Å². The van der Waals surface area contributed by atoms with Gasteiger partial charge in [-0.15, -0.1) is 0 Å². The highest BCUT2D eigenvalue weighted by Crippen LogP contribution is 2.15. The Morgan fingerprint density at radius 3 is 2.73 bits per heavy atom. The van der Waals surface area contributed by atoms with Gasteiger partial charge in [0.25, 0.3) is 0 Å². The third-order valence-electron chi connectivity index (χ3n) is 1.79. The second-order valence-corrected chi connectivity index (χ2v) is 3.79. The Kier molecular flexibility index (Phi) is 3.19. The quantitative estimate of drug-likeness (QED) is 0.801. The summed E-state index contributed by atoms with van der Waals surface area (Å²) in [6.07, 6.45) is 5.01. The maximum Gasteiger partial charge on any atom is 0.147 e. The van der Waals surface area contributed by atoms with E-state index in [0.717, 1.165) is 5.56 Å². The van der Waals surface area contributed by atoms with Crippen LogP contribution in [0.15, 0.2) is 36.7 Å². The fraction of sp³-hybridized carbons (Fsp3) is 0. The number of benzene rings is 1.